The van der Waals surface area contributed by atoms with Gasteiger partial charge in [0.2, 0.25) is 5.95 Å². The molecule has 0 fully saturated rings. The Morgan fingerprint density at radius 2 is 1.85 bits per heavy atom. The summed E-state index contributed by atoms with van der Waals surface area (Å²) >= 11 is 23.5. The van der Waals surface area contributed by atoms with Gasteiger partial charge in [-0.1, -0.05) is 52.5 Å². The third-order valence-corrected chi connectivity index (χ3v) is 5.41. The lowest BCUT2D eigenvalue weighted by Crippen LogP contribution is -2.31. The van der Waals surface area contributed by atoms with Crippen LogP contribution in [0.4, 0.5) is 11.6 Å². The van der Waals surface area contributed by atoms with Crippen molar-refractivity contribution in [2.75, 3.05) is 23.7 Å². The molecule has 33 heavy (non-hydrogen) atoms. The van der Waals surface area contributed by atoms with Gasteiger partial charge in [-0.2, -0.15) is 0 Å². The highest BCUT2D eigenvalue weighted by Crippen LogP contribution is 2.23. The minimum absolute atomic E-state index is 0.0313. The number of carbonyl (C=O) groups excluding carboxylic acids is 1. The van der Waals surface area contributed by atoms with Crippen LogP contribution < -0.4 is 21.5 Å². The number of amides is 1. The molecule has 2 aromatic heterocycles. The van der Waals surface area contributed by atoms with Crippen molar-refractivity contribution >= 4 is 70.2 Å². The number of halogens is 4. The predicted octanol–water partition coefficient (Wildman–Crippen LogP) is 3.63. The number of rotatable bonds is 9. The molecule has 1 aromatic carbocycles. The molecule has 0 aliphatic carbocycles. The quantitative estimate of drug-likeness (QED) is 0.210. The van der Waals surface area contributed by atoms with Crippen molar-refractivity contribution in [3.8, 4) is 0 Å². The monoisotopic (exact) mass is 528 g/mol. The maximum atomic E-state index is 12.5. The van der Waals surface area contributed by atoms with E-state index in [4.69, 9.17) is 51.8 Å². The second-order valence-electron chi connectivity index (χ2n) is 6.48. The van der Waals surface area contributed by atoms with Crippen LogP contribution >= 0.6 is 46.4 Å². The topological polar surface area (TPSA) is 149 Å². The predicted molar refractivity (Wildman–Crippen MR) is 129 cm³/mol. The molecule has 3 rings (SSSR count). The fraction of sp³-hybridized carbons (Fsp3) is 0.158. The molecule has 10 nitrogen and oxygen atoms in total. The van der Waals surface area contributed by atoms with Gasteiger partial charge in [-0.3, -0.25) is 14.6 Å². The number of aromatic nitrogens is 4. The van der Waals surface area contributed by atoms with E-state index in [0.717, 1.165) is 11.8 Å². The van der Waals surface area contributed by atoms with Crippen molar-refractivity contribution in [3.05, 3.63) is 71.8 Å². The summed E-state index contributed by atoms with van der Waals surface area (Å²) in [5.41, 5.74) is 0.626. The van der Waals surface area contributed by atoms with Crippen molar-refractivity contribution in [3.63, 3.8) is 0 Å². The first kappa shape index (κ1) is 24.7. The third-order valence-electron chi connectivity index (χ3n) is 4.20. The second kappa shape index (κ2) is 11.3. The molecule has 3 aromatic rings. The molecule has 14 heteroatoms. The number of anilines is 2. The van der Waals surface area contributed by atoms with E-state index in [1.54, 1.807) is 18.2 Å². The van der Waals surface area contributed by atoms with E-state index < -0.39 is 11.5 Å². The van der Waals surface area contributed by atoms with Crippen LogP contribution in [0.3, 0.4) is 0 Å². The minimum Gasteiger partial charge on any atom is -0.377 e. The van der Waals surface area contributed by atoms with Crippen LogP contribution in [-0.4, -0.2) is 45.4 Å². The van der Waals surface area contributed by atoms with Gasteiger partial charge in [0.25, 0.3) is 11.5 Å². The highest BCUT2D eigenvalue weighted by molar-refractivity contribution is 6.42. The fourth-order valence-corrected chi connectivity index (χ4v) is 3.30. The van der Waals surface area contributed by atoms with Gasteiger partial charge in [0.05, 0.1) is 15.6 Å². The smallest absolute Gasteiger partial charge is 0.276 e. The Morgan fingerprint density at radius 3 is 2.58 bits per heavy atom. The maximum absolute atomic E-state index is 12.5. The summed E-state index contributed by atoms with van der Waals surface area (Å²) in [5, 5.41) is 23.9. The molecule has 0 saturated carbocycles. The molecule has 0 aliphatic rings. The number of nitrogens with zero attached hydrogens (tertiary/aromatic N) is 3. The molecular weight excluding hydrogens is 514 g/mol. The molecule has 2 heterocycles. The Hall–Kier alpha value is -2.92. The number of nitrogens with one attached hydrogen (secondary N) is 5. The van der Waals surface area contributed by atoms with Crippen LogP contribution in [0, 0.1) is 5.41 Å². The van der Waals surface area contributed by atoms with Crippen molar-refractivity contribution in [2.24, 2.45) is 0 Å². The number of carbonyl (C=O) groups is 1. The van der Waals surface area contributed by atoms with Gasteiger partial charge in [-0.25, -0.2) is 4.98 Å². The molecule has 0 radical (unpaired) electrons. The average molecular weight is 530 g/mol. The molecule has 1 amide bonds. The van der Waals surface area contributed by atoms with Gasteiger partial charge in [0, 0.05) is 25.8 Å². The average Bonchev–Trinajstić information content (AvgIpc) is 2.79. The first-order chi connectivity index (χ1) is 15.8. The summed E-state index contributed by atoms with van der Waals surface area (Å²) < 4.78 is 0. The second-order valence-corrected chi connectivity index (χ2v) is 8.04. The zero-order valence-corrected chi connectivity index (χ0v) is 19.7. The summed E-state index contributed by atoms with van der Waals surface area (Å²) in [4.78, 5) is 31.5. The van der Waals surface area contributed by atoms with Gasteiger partial charge in [0.1, 0.15) is 11.4 Å². The van der Waals surface area contributed by atoms with Gasteiger partial charge in [0.15, 0.2) is 10.3 Å². The van der Waals surface area contributed by atoms with E-state index in [1.165, 1.54) is 6.07 Å². The van der Waals surface area contributed by atoms with Gasteiger partial charge < -0.3 is 21.4 Å². The Balaban J connectivity index is 1.59. The summed E-state index contributed by atoms with van der Waals surface area (Å²) in [6.07, 6.45) is 0.949. The van der Waals surface area contributed by atoms with Crippen LogP contribution in [0.25, 0.3) is 0 Å². The molecule has 5 N–H and O–H groups in total. The molecule has 0 saturated heterocycles. The first-order valence-corrected chi connectivity index (χ1v) is 10.8. The van der Waals surface area contributed by atoms with Crippen molar-refractivity contribution < 1.29 is 4.79 Å². The summed E-state index contributed by atoms with van der Waals surface area (Å²) in [6.45, 7) is 0.646. The normalized spacial score (nSPS) is 10.5. The third kappa shape index (κ3) is 6.55. The van der Waals surface area contributed by atoms with Crippen LogP contribution in [0.2, 0.25) is 20.4 Å². The van der Waals surface area contributed by atoms with Crippen molar-refractivity contribution in [1.29, 1.82) is 5.41 Å². The lowest BCUT2D eigenvalue weighted by Gasteiger charge is -2.12. The summed E-state index contributed by atoms with van der Waals surface area (Å²) in [7, 11) is 0. The van der Waals surface area contributed by atoms with Crippen LogP contribution in [0.5, 0.6) is 0 Å². The first-order valence-electron chi connectivity index (χ1n) is 9.32. The SMILES string of the molecule is N=Cc1nc(NCc2ccc(Cl)c(Cl)c2)[nH]c(=O)c1NCCNC(=O)c1cc(Cl)nnc1Cl. The Bertz CT molecular complexity index is 1250. The molecular formula is C19H16Cl4N8O2. The van der Waals surface area contributed by atoms with Gasteiger partial charge in [-0.15, -0.1) is 10.2 Å². The van der Waals surface area contributed by atoms with Crippen LogP contribution in [0.1, 0.15) is 21.6 Å². The van der Waals surface area contributed by atoms with E-state index in [-0.39, 0.29) is 46.3 Å². The number of aromatic amines is 1. The minimum atomic E-state index is -0.500. The van der Waals surface area contributed by atoms with E-state index >= 15 is 0 Å². The fourth-order valence-electron chi connectivity index (χ4n) is 2.66. The largest absolute Gasteiger partial charge is 0.377 e. The summed E-state index contributed by atoms with van der Waals surface area (Å²) in [6, 6.07) is 6.44. The molecule has 0 spiro atoms. The van der Waals surface area contributed by atoms with E-state index in [1.807, 2.05) is 0 Å². The lowest BCUT2D eigenvalue weighted by molar-refractivity contribution is 0.0955. The molecule has 172 valence electrons. The maximum Gasteiger partial charge on any atom is 0.276 e. The zero-order valence-electron chi connectivity index (χ0n) is 16.7. The Morgan fingerprint density at radius 1 is 1.06 bits per heavy atom. The summed E-state index contributed by atoms with van der Waals surface area (Å²) in [5.74, 6) is -0.320. The van der Waals surface area contributed by atoms with Gasteiger partial charge in [-0.05, 0) is 23.8 Å². The highest BCUT2D eigenvalue weighted by Gasteiger charge is 2.14. The standard InChI is InChI=1S/C19H16Cl4N8O2/c20-11-2-1-9(5-12(11)21)8-27-19-28-13(7-24)15(18(33)29-19)25-3-4-26-17(32)10-6-14(22)30-31-16(10)23/h1-2,5-7,24-25H,3-4,8H2,(H,26,32)(H2,27,28,29,33). The molecule has 0 bridgehead atoms. The van der Waals surface area contributed by atoms with E-state index in [0.29, 0.717) is 16.6 Å². The number of hydrogen-bond donors (Lipinski definition) is 5. The van der Waals surface area contributed by atoms with Crippen molar-refractivity contribution in [1.82, 2.24) is 25.5 Å². The zero-order chi connectivity index (χ0) is 24.0. The lowest BCUT2D eigenvalue weighted by atomic mass is 10.2. The molecule has 0 unspecified atom stereocenters. The van der Waals surface area contributed by atoms with Crippen LogP contribution in [-0.2, 0) is 6.54 Å². The number of hydrogen-bond acceptors (Lipinski definition) is 8. The van der Waals surface area contributed by atoms with Gasteiger partial charge >= 0.3 is 0 Å². The Labute approximate surface area is 207 Å². The molecule has 0 aliphatic heterocycles. The number of benzene rings is 1. The number of H-pyrrole nitrogens is 1. The van der Waals surface area contributed by atoms with E-state index in [9.17, 15) is 9.59 Å². The van der Waals surface area contributed by atoms with E-state index in [2.05, 4.69) is 36.1 Å². The Kier molecular flexibility index (Phi) is 8.45. The van der Waals surface area contributed by atoms with Crippen LogP contribution in [0.15, 0.2) is 29.1 Å². The highest BCUT2D eigenvalue weighted by atomic mass is 35.5. The molecule has 0 atom stereocenters. The van der Waals surface area contributed by atoms with Crippen molar-refractivity contribution in [2.45, 2.75) is 6.54 Å².